The van der Waals surface area contributed by atoms with Crippen molar-refractivity contribution in [3.05, 3.63) is 108 Å². The van der Waals surface area contributed by atoms with Crippen LogP contribution < -0.4 is 10.6 Å². The van der Waals surface area contributed by atoms with Crippen LogP contribution in [-0.2, 0) is 26.7 Å². The second-order valence-electron chi connectivity index (χ2n) is 10.8. The highest BCUT2D eigenvalue weighted by Gasteiger charge is 2.42. The fraction of sp³-hybridized carbons (Fsp3) is 0.188. The second kappa shape index (κ2) is 12.0. The Labute approximate surface area is 266 Å². The average molecular weight is 635 g/mol. The topological polar surface area (TPSA) is 165 Å². The molecule has 4 aromatic heterocycles. The first-order valence-corrected chi connectivity index (χ1v) is 15.4. The summed E-state index contributed by atoms with van der Waals surface area (Å²) in [6.45, 7) is 4.04. The van der Waals surface area contributed by atoms with Crippen LogP contribution in [0.3, 0.4) is 0 Å². The van der Waals surface area contributed by atoms with Gasteiger partial charge in [-0.15, -0.1) is 16.9 Å². The minimum atomic E-state index is -0.796. The van der Waals surface area contributed by atoms with E-state index in [9.17, 15) is 19.2 Å². The van der Waals surface area contributed by atoms with E-state index >= 15 is 0 Å². The Morgan fingerprint density at radius 1 is 1.15 bits per heavy atom. The monoisotopic (exact) mass is 634 g/mol. The van der Waals surface area contributed by atoms with Crippen molar-refractivity contribution < 1.29 is 23.6 Å². The van der Waals surface area contributed by atoms with E-state index in [-0.39, 0.29) is 37.1 Å². The van der Waals surface area contributed by atoms with E-state index in [0.717, 1.165) is 15.8 Å². The zero-order chi connectivity index (χ0) is 31.8. The first-order valence-electron chi connectivity index (χ1n) is 14.4. The molecule has 230 valence electrons. The lowest BCUT2D eigenvalue weighted by atomic mass is 10.0. The highest BCUT2D eigenvalue weighted by Crippen LogP contribution is 2.41. The predicted molar refractivity (Wildman–Crippen MR) is 166 cm³/mol. The lowest BCUT2D eigenvalue weighted by molar-refractivity contribution is -0.136. The summed E-state index contributed by atoms with van der Waals surface area (Å²) in [4.78, 5) is 61.3. The Bertz CT molecular complexity index is 1990. The van der Waals surface area contributed by atoms with Crippen LogP contribution in [0.4, 0.5) is 0 Å². The van der Waals surface area contributed by atoms with Gasteiger partial charge in [0.25, 0.3) is 5.91 Å². The molecule has 0 radical (unpaired) electrons. The normalized spacial score (nSPS) is 16.9. The highest BCUT2D eigenvalue weighted by atomic mass is 32.2. The van der Waals surface area contributed by atoms with Gasteiger partial charge < -0.3 is 9.73 Å². The molecule has 13 nitrogen and oxygen atoms in total. The SMILES string of the molecule is C=C1c2c(SCc3cn(CC(=O)NC(c4cccnc4)c4cc5cccnc5o4)nn3)cccc2C(=O)N1C1CCC(=O)NC1=O. The molecule has 0 saturated carbocycles. The predicted octanol–water partition coefficient (Wildman–Crippen LogP) is 3.24. The number of pyridine rings is 2. The summed E-state index contributed by atoms with van der Waals surface area (Å²) in [5.74, 6) is -0.558. The van der Waals surface area contributed by atoms with Crippen LogP contribution in [0.1, 0.15) is 51.8 Å². The molecule has 46 heavy (non-hydrogen) atoms. The molecular formula is C32H26N8O5S. The van der Waals surface area contributed by atoms with E-state index in [1.54, 1.807) is 43.0 Å². The van der Waals surface area contributed by atoms with Gasteiger partial charge in [0.15, 0.2) is 0 Å². The van der Waals surface area contributed by atoms with E-state index in [4.69, 9.17) is 4.42 Å². The van der Waals surface area contributed by atoms with Gasteiger partial charge in [-0.2, -0.15) is 0 Å². The van der Waals surface area contributed by atoms with Crippen molar-refractivity contribution in [1.82, 2.24) is 40.5 Å². The number of hydrogen-bond donors (Lipinski definition) is 2. The molecule has 0 spiro atoms. The summed E-state index contributed by atoms with van der Waals surface area (Å²) in [5.41, 5.74) is 3.36. The molecule has 2 atom stereocenters. The van der Waals surface area contributed by atoms with Crippen LogP contribution in [-0.4, -0.2) is 59.5 Å². The van der Waals surface area contributed by atoms with Crippen LogP contribution in [0.25, 0.3) is 16.8 Å². The van der Waals surface area contributed by atoms with Crippen LogP contribution in [0.2, 0.25) is 0 Å². The number of carbonyl (C=O) groups is 4. The summed E-state index contributed by atoms with van der Waals surface area (Å²) in [6, 6.07) is 13.2. The zero-order valence-electron chi connectivity index (χ0n) is 24.3. The van der Waals surface area contributed by atoms with Crippen molar-refractivity contribution in [2.45, 2.75) is 42.1 Å². The van der Waals surface area contributed by atoms with Gasteiger partial charge in [0.1, 0.15) is 24.4 Å². The number of imide groups is 1. The Morgan fingerprint density at radius 3 is 2.83 bits per heavy atom. The number of piperidine rings is 1. The molecule has 14 heteroatoms. The molecule has 2 unspecified atom stereocenters. The maximum Gasteiger partial charge on any atom is 0.259 e. The van der Waals surface area contributed by atoms with E-state index in [1.807, 2.05) is 30.3 Å². The third kappa shape index (κ3) is 5.54. The maximum absolute atomic E-state index is 13.3. The zero-order valence-corrected chi connectivity index (χ0v) is 25.1. The fourth-order valence-corrected chi connectivity index (χ4v) is 6.63. The first kappa shape index (κ1) is 29.1. The van der Waals surface area contributed by atoms with Gasteiger partial charge in [0.2, 0.25) is 23.4 Å². The maximum atomic E-state index is 13.3. The van der Waals surface area contributed by atoms with Crippen molar-refractivity contribution in [1.29, 1.82) is 0 Å². The van der Waals surface area contributed by atoms with Crippen molar-refractivity contribution in [2.24, 2.45) is 0 Å². The van der Waals surface area contributed by atoms with Crippen LogP contribution >= 0.6 is 11.8 Å². The van der Waals surface area contributed by atoms with Crippen molar-refractivity contribution in [2.75, 3.05) is 0 Å². The molecule has 0 bridgehead atoms. The molecule has 6 heterocycles. The van der Waals surface area contributed by atoms with E-state index in [2.05, 4.69) is 37.5 Å². The third-order valence-electron chi connectivity index (χ3n) is 7.76. The minimum Gasteiger partial charge on any atom is -0.440 e. The van der Waals surface area contributed by atoms with Crippen molar-refractivity contribution >= 4 is 52.2 Å². The lowest BCUT2D eigenvalue weighted by Gasteiger charge is -2.30. The molecular weight excluding hydrogens is 608 g/mol. The number of thioether (sulfide) groups is 1. The molecule has 1 saturated heterocycles. The Morgan fingerprint density at radius 2 is 2.02 bits per heavy atom. The highest BCUT2D eigenvalue weighted by molar-refractivity contribution is 7.98. The number of amides is 4. The average Bonchev–Trinajstić information content (AvgIpc) is 3.76. The molecule has 2 N–H and O–H groups in total. The van der Waals surface area contributed by atoms with Crippen molar-refractivity contribution in [3.8, 4) is 0 Å². The number of benzene rings is 1. The number of fused-ring (bicyclic) bond motifs is 2. The largest absolute Gasteiger partial charge is 0.440 e. The molecule has 7 rings (SSSR count). The smallest absolute Gasteiger partial charge is 0.259 e. The van der Waals surface area contributed by atoms with Crippen LogP contribution in [0.15, 0.2) is 89.2 Å². The van der Waals surface area contributed by atoms with E-state index < -0.39 is 18.0 Å². The molecule has 2 aliphatic rings. The number of aromatic nitrogens is 5. The van der Waals surface area contributed by atoms with Gasteiger partial charge in [-0.3, -0.25) is 34.4 Å². The summed E-state index contributed by atoms with van der Waals surface area (Å²) in [5, 5.41) is 14.5. The molecule has 0 aliphatic carbocycles. The number of rotatable bonds is 9. The molecule has 1 aromatic carbocycles. The Kier molecular flexibility index (Phi) is 7.62. The number of nitrogens with zero attached hydrogens (tertiary/aromatic N) is 6. The van der Waals surface area contributed by atoms with Crippen LogP contribution in [0.5, 0.6) is 0 Å². The third-order valence-corrected chi connectivity index (χ3v) is 8.86. The lowest BCUT2D eigenvalue weighted by Crippen LogP contribution is -2.52. The number of furan rings is 1. The minimum absolute atomic E-state index is 0.0835. The van der Waals surface area contributed by atoms with Gasteiger partial charge in [0.05, 0.1) is 11.3 Å². The molecule has 1 fully saturated rings. The summed E-state index contributed by atoms with van der Waals surface area (Å²) >= 11 is 1.44. The standard InChI is InChI=1S/C32H26N8O5S/c1-18-28-22(32(44)40(18)23-9-10-26(41)36-30(23)43)7-2-8-25(28)46-17-21-15-39(38-37-21)16-27(42)35-29(20-6-3-11-33-14-20)24-13-19-5-4-12-34-31(19)45-24/h2-8,11-15,23,29H,1,9-10,16-17H2,(H,35,42)(H,36,41,43). The molecule has 4 amide bonds. The summed E-state index contributed by atoms with van der Waals surface area (Å²) < 4.78 is 7.41. The van der Waals surface area contributed by atoms with Gasteiger partial charge in [0, 0.05) is 64.1 Å². The van der Waals surface area contributed by atoms with Gasteiger partial charge in [-0.25, -0.2) is 9.67 Å². The fourth-order valence-electron chi connectivity index (χ4n) is 5.65. The van der Waals surface area contributed by atoms with Gasteiger partial charge in [-0.1, -0.05) is 23.9 Å². The first-order chi connectivity index (χ1) is 22.4. The van der Waals surface area contributed by atoms with Crippen molar-refractivity contribution in [3.63, 3.8) is 0 Å². The summed E-state index contributed by atoms with van der Waals surface area (Å²) in [7, 11) is 0. The molecule has 2 aliphatic heterocycles. The van der Waals surface area contributed by atoms with E-state index in [1.165, 1.54) is 21.3 Å². The van der Waals surface area contributed by atoms with Gasteiger partial charge in [-0.05, 0) is 42.8 Å². The van der Waals surface area contributed by atoms with Gasteiger partial charge >= 0.3 is 0 Å². The van der Waals surface area contributed by atoms with E-state index in [0.29, 0.717) is 39.7 Å². The number of carbonyl (C=O) groups excluding carboxylic acids is 4. The quantitative estimate of drug-likeness (QED) is 0.182. The second-order valence-corrected chi connectivity index (χ2v) is 11.8. The summed E-state index contributed by atoms with van der Waals surface area (Å²) in [6.07, 6.45) is 7.05. The number of nitrogens with one attached hydrogen (secondary N) is 2. The Balaban J connectivity index is 1.03. The number of hydrogen-bond acceptors (Lipinski definition) is 10. The molecule has 5 aromatic rings. The van der Waals surface area contributed by atoms with Crippen LogP contribution in [0, 0.1) is 0 Å². The Hall–Kier alpha value is -5.63.